The van der Waals surface area contributed by atoms with E-state index in [1.165, 1.54) is 7.05 Å². The second-order valence-electron chi connectivity index (χ2n) is 5.24. The molecule has 3 N–H and O–H groups in total. The van der Waals surface area contributed by atoms with Crippen molar-refractivity contribution < 1.29 is 8.42 Å². The summed E-state index contributed by atoms with van der Waals surface area (Å²) in [5.74, 6) is 0.180. The van der Waals surface area contributed by atoms with Crippen LogP contribution in [0.25, 0.3) is 0 Å². The van der Waals surface area contributed by atoms with Gasteiger partial charge < -0.3 is 5.73 Å². The maximum Gasteiger partial charge on any atom is 0.212 e. The normalized spacial score (nSPS) is 23.9. The number of hydrogen-bond donors (Lipinski definition) is 2. The van der Waals surface area contributed by atoms with Crippen LogP contribution >= 0.6 is 0 Å². The topological polar surface area (TPSA) is 75.4 Å². The van der Waals surface area contributed by atoms with Crippen LogP contribution in [-0.2, 0) is 10.0 Å². The minimum absolute atomic E-state index is 0.111. The summed E-state index contributed by atoms with van der Waals surface area (Å²) in [7, 11) is -1.66. The summed E-state index contributed by atoms with van der Waals surface area (Å²) in [5, 5.41) is 0. The van der Waals surface area contributed by atoms with Crippen molar-refractivity contribution in [2.75, 3.05) is 25.9 Å². The highest BCUT2D eigenvalue weighted by atomic mass is 32.2. The monoisotopic (exact) mass is 249 g/mol. The molecule has 5 nitrogen and oxygen atoms in total. The third-order valence-electron chi connectivity index (χ3n) is 2.83. The Bertz CT molecular complexity index is 321. The highest BCUT2D eigenvalue weighted by molar-refractivity contribution is 7.89. The molecular formula is C10H23N3O2S. The molecule has 6 heteroatoms. The molecule has 0 bridgehead atoms. The smallest absolute Gasteiger partial charge is 0.212 e. The average Bonchev–Trinajstić information content (AvgIpc) is 2.49. The lowest BCUT2D eigenvalue weighted by Crippen LogP contribution is -2.49. The van der Waals surface area contributed by atoms with Gasteiger partial charge in [-0.2, -0.15) is 0 Å². The second kappa shape index (κ2) is 5.00. The molecule has 16 heavy (non-hydrogen) atoms. The van der Waals surface area contributed by atoms with Gasteiger partial charge in [0.05, 0.1) is 5.75 Å². The van der Waals surface area contributed by atoms with Crippen LogP contribution in [0.15, 0.2) is 0 Å². The van der Waals surface area contributed by atoms with Gasteiger partial charge in [0.2, 0.25) is 10.0 Å². The van der Waals surface area contributed by atoms with E-state index >= 15 is 0 Å². The zero-order valence-electron chi connectivity index (χ0n) is 10.4. The number of nitrogens with one attached hydrogen (secondary N) is 1. The third-order valence-corrected chi connectivity index (χ3v) is 4.28. The second-order valence-corrected chi connectivity index (χ2v) is 7.21. The Kier molecular flexibility index (Phi) is 4.34. The molecule has 1 unspecified atom stereocenters. The Morgan fingerprint density at radius 3 is 2.62 bits per heavy atom. The molecule has 0 aromatic carbocycles. The van der Waals surface area contributed by atoms with Gasteiger partial charge >= 0.3 is 0 Å². The zero-order valence-corrected chi connectivity index (χ0v) is 11.2. The van der Waals surface area contributed by atoms with E-state index in [-0.39, 0.29) is 17.3 Å². The van der Waals surface area contributed by atoms with E-state index in [1.54, 1.807) is 0 Å². The van der Waals surface area contributed by atoms with E-state index in [2.05, 4.69) is 9.62 Å². The van der Waals surface area contributed by atoms with Crippen LogP contribution in [0.5, 0.6) is 0 Å². The fraction of sp³-hybridized carbons (Fsp3) is 1.00. The minimum atomic E-state index is -3.12. The molecule has 1 aliphatic heterocycles. The van der Waals surface area contributed by atoms with Crippen LogP contribution in [0.1, 0.15) is 26.7 Å². The fourth-order valence-electron chi connectivity index (χ4n) is 2.15. The Morgan fingerprint density at radius 1 is 1.50 bits per heavy atom. The molecule has 1 aliphatic rings. The Hall–Kier alpha value is -0.170. The van der Waals surface area contributed by atoms with Gasteiger partial charge in [-0.3, -0.25) is 4.90 Å². The first kappa shape index (κ1) is 13.9. The quantitative estimate of drug-likeness (QED) is 0.704. The molecular weight excluding hydrogens is 226 g/mol. The van der Waals surface area contributed by atoms with Crippen molar-refractivity contribution in [3.63, 3.8) is 0 Å². The van der Waals surface area contributed by atoms with Gasteiger partial charge in [0, 0.05) is 18.1 Å². The number of nitrogens with two attached hydrogens (primary N) is 1. The van der Waals surface area contributed by atoms with Crippen LogP contribution < -0.4 is 10.5 Å². The molecule has 1 heterocycles. The molecule has 0 aromatic heterocycles. The molecule has 0 spiro atoms. The van der Waals surface area contributed by atoms with Gasteiger partial charge in [-0.15, -0.1) is 0 Å². The zero-order chi connectivity index (χ0) is 12.4. The summed E-state index contributed by atoms with van der Waals surface area (Å²) in [5.41, 5.74) is 5.70. The van der Waals surface area contributed by atoms with E-state index in [0.29, 0.717) is 0 Å². The summed E-state index contributed by atoms with van der Waals surface area (Å²) < 4.78 is 25.4. The van der Waals surface area contributed by atoms with Gasteiger partial charge in [-0.25, -0.2) is 13.1 Å². The first-order chi connectivity index (χ1) is 7.23. The Balaban J connectivity index is 2.60. The highest BCUT2D eigenvalue weighted by Gasteiger charge is 2.31. The van der Waals surface area contributed by atoms with Crippen molar-refractivity contribution in [1.29, 1.82) is 0 Å². The molecule has 0 saturated carbocycles. The number of nitrogens with zero attached hydrogens (tertiary/aromatic N) is 1. The molecule has 1 fully saturated rings. The van der Waals surface area contributed by atoms with Gasteiger partial charge in [0.15, 0.2) is 0 Å². The lowest BCUT2D eigenvalue weighted by Gasteiger charge is -2.30. The summed E-state index contributed by atoms with van der Waals surface area (Å²) in [6.45, 7) is 5.63. The van der Waals surface area contributed by atoms with Crippen molar-refractivity contribution in [2.24, 2.45) is 5.73 Å². The number of likely N-dealkylation sites (tertiary alicyclic amines) is 1. The molecule has 96 valence electrons. The lowest BCUT2D eigenvalue weighted by atomic mass is 10.1. The SMILES string of the molecule is CNS(=O)(=O)CC1CCCN1CC(C)(C)N. The maximum absolute atomic E-state index is 11.5. The predicted molar refractivity (Wildman–Crippen MR) is 65.7 cm³/mol. The largest absolute Gasteiger partial charge is 0.324 e. The van der Waals surface area contributed by atoms with Crippen LogP contribution in [-0.4, -0.2) is 50.8 Å². The van der Waals surface area contributed by atoms with Crippen LogP contribution in [0.3, 0.4) is 0 Å². The van der Waals surface area contributed by atoms with Crippen LogP contribution in [0, 0.1) is 0 Å². The van der Waals surface area contributed by atoms with Crippen molar-refractivity contribution in [1.82, 2.24) is 9.62 Å². The van der Waals surface area contributed by atoms with Crippen LogP contribution in [0.2, 0.25) is 0 Å². The number of rotatable bonds is 5. The molecule has 1 atom stereocenters. The van der Waals surface area contributed by atoms with Crippen molar-refractivity contribution in [3.05, 3.63) is 0 Å². The summed E-state index contributed by atoms with van der Waals surface area (Å²) in [6.07, 6.45) is 2.00. The number of hydrogen-bond acceptors (Lipinski definition) is 4. The molecule has 0 amide bonds. The highest BCUT2D eigenvalue weighted by Crippen LogP contribution is 2.20. The Morgan fingerprint density at radius 2 is 2.12 bits per heavy atom. The van der Waals surface area contributed by atoms with Gasteiger partial charge in [-0.1, -0.05) is 0 Å². The van der Waals surface area contributed by atoms with E-state index < -0.39 is 10.0 Å². The first-order valence-electron chi connectivity index (χ1n) is 5.68. The standard InChI is InChI=1S/C10H23N3O2S/c1-10(2,11)8-13-6-4-5-9(13)7-16(14,15)12-3/h9,12H,4-8,11H2,1-3H3. The summed E-state index contributed by atoms with van der Waals surface area (Å²) in [4.78, 5) is 2.19. The number of sulfonamides is 1. The lowest BCUT2D eigenvalue weighted by molar-refractivity contribution is 0.221. The predicted octanol–water partition coefficient (Wildman–Crippen LogP) is -0.263. The Labute approximate surface area is 98.4 Å². The van der Waals surface area contributed by atoms with Crippen LogP contribution in [0.4, 0.5) is 0 Å². The van der Waals surface area contributed by atoms with Crippen molar-refractivity contribution in [2.45, 2.75) is 38.3 Å². The first-order valence-corrected chi connectivity index (χ1v) is 7.33. The fourth-order valence-corrected chi connectivity index (χ4v) is 3.20. The van der Waals surface area contributed by atoms with Crippen molar-refractivity contribution in [3.8, 4) is 0 Å². The minimum Gasteiger partial charge on any atom is -0.324 e. The molecule has 1 rings (SSSR count). The van der Waals surface area contributed by atoms with Crippen molar-refractivity contribution >= 4 is 10.0 Å². The van der Waals surface area contributed by atoms with E-state index in [0.717, 1.165) is 25.9 Å². The van der Waals surface area contributed by atoms with E-state index in [4.69, 9.17) is 5.73 Å². The molecule has 1 saturated heterocycles. The van der Waals surface area contributed by atoms with E-state index in [9.17, 15) is 8.42 Å². The summed E-state index contributed by atoms with van der Waals surface area (Å²) in [6, 6.07) is 0.111. The maximum atomic E-state index is 11.5. The third kappa shape index (κ3) is 4.37. The van der Waals surface area contributed by atoms with Gasteiger partial charge in [0.1, 0.15) is 0 Å². The molecule has 0 aromatic rings. The van der Waals surface area contributed by atoms with Gasteiger partial charge in [0.25, 0.3) is 0 Å². The molecule has 0 aliphatic carbocycles. The molecule has 0 radical (unpaired) electrons. The average molecular weight is 249 g/mol. The van der Waals surface area contributed by atoms with E-state index in [1.807, 2.05) is 13.8 Å². The van der Waals surface area contributed by atoms with Gasteiger partial charge in [-0.05, 0) is 40.3 Å². The summed E-state index contributed by atoms with van der Waals surface area (Å²) >= 11 is 0.